The van der Waals surface area contributed by atoms with Gasteiger partial charge in [0.25, 0.3) is 0 Å². The number of carbonyl (C=O) groups is 1. The van der Waals surface area contributed by atoms with Gasteiger partial charge in [0.1, 0.15) is 0 Å². The summed E-state index contributed by atoms with van der Waals surface area (Å²) < 4.78 is 0. The van der Waals surface area contributed by atoms with Crippen LogP contribution in [-0.2, 0) is 4.79 Å². The molecule has 2 aliphatic rings. The van der Waals surface area contributed by atoms with E-state index in [0.717, 1.165) is 13.0 Å². The van der Waals surface area contributed by atoms with Crippen LogP contribution in [0.15, 0.2) is 0 Å². The lowest BCUT2D eigenvalue weighted by molar-refractivity contribution is -0.136. The third-order valence-corrected chi connectivity index (χ3v) is 3.46. The zero-order valence-corrected chi connectivity index (χ0v) is 8.66. The monoisotopic (exact) mass is 182 g/mol. The summed E-state index contributed by atoms with van der Waals surface area (Å²) in [5.74, 6) is 0.318. The van der Waals surface area contributed by atoms with E-state index in [0.29, 0.717) is 18.0 Å². The lowest BCUT2D eigenvalue weighted by Crippen LogP contribution is -2.59. The lowest BCUT2D eigenvalue weighted by atomic mass is 9.92. The van der Waals surface area contributed by atoms with Crippen LogP contribution in [0.2, 0.25) is 0 Å². The third kappa shape index (κ3) is 1.26. The number of likely N-dealkylation sites (N-methyl/N-ethyl adjacent to an activating group) is 1. The summed E-state index contributed by atoms with van der Waals surface area (Å²) in [4.78, 5) is 15.9. The number of hydrogen-bond acceptors (Lipinski definition) is 2. The van der Waals surface area contributed by atoms with Gasteiger partial charge in [0.2, 0.25) is 5.91 Å². The second-order valence-electron chi connectivity index (χ2n) is 4.45. The fourth-order valence-corrected chi connectivity index (χ4v) is 2.73. The molecule has 3 atom stereocenters. The van der Waals surface area contributed by atoms with Crippen LogP contribution in [0, 0.1) is 0 Å². The Hall–Kier alpha value is -0.570. The van der Waals surface area contributed by atoms with E-state index in [-0.39, 0.29) is 6.04 Å². The molecule has 0 saturated carbocycles. The normalized spacial score (nSPS) is 41.0. The fraction of sp³-hybridized carbons (Fsp3) is 0.900. The highest BCUT2D eigenvalue weighted by molar-refractivity contribution is 5.83. The Morgan fingerprint density at radius 2 is 1.92 bits per heavy atom. The van der Waals surface area contributed by atoms with Gasteiger partial charge in [-0.25, -0.2) is 0 Å². The van der Waals surface area contributed by atoms with Gasteiger partial charge in [-0.2, -0.15) is 0 Å². The maximum atomic E-state index is 11.7. The van der Waals surface area contributed by atoms with Gasteiger partial charge in [-0.1, -0.05) is 0 Å². The van der Waals surface area contributed by atoms with Crippen molar-refractivity contribution < 1.29 is 4.79 Å². The molecule has 2 heterocycles. The smallest absolute Gasteiger partial charge is 0.239 e. The Morgan fingerprint density at radius 1 is 1.31 bits per heavy atom. The van der Waals surface area contributed by atoms with Crippen LogP contribution in [0.25, 0.3) is 0 Å². The summed E-state index contributed by atoms with van der Waals surface area (Å²) in [6.07, 6.45) is 2.26. The molecule has 0 bridgehead atoms. The molecule has 0 N–H and O–H groups in total. The molecule has 0 radical (unpaired) electrons. The van der Waals surface area contributed by atoms with Crippen LogP contribution in [-0.4, -0.2) is 47.4 Å². The maximum Gasteiger partial charge on any atom is 0.239 e. The van der Waals surface area contributed by atoms with Crippen LogP contribution in [0.4, 0.5) is 0 Å². The predicted molar refractivity (Wildman–Crippen MR) is 51.4 cm³/mol. The van der Waals surface area contributed by atoms with E-state index in [1.165, 1.54) is 6.42 Å². The Balaban J connectivity index is 2.05. The summed E-state index contributed by atoms with van der Waals surface area (Å²) >= 11 is 0. The average molecular weight is 182 g/mol. The van der Waals surface area contributed by atoms with Gasteiger partial charge in [-0.05, 0) is 26.7 Å². The van der Waals surface area contributed by atoms with Crippen molar-refractivity contribution in [3.05, 3.63) is 0 Å². The van der Waals surface area contributed by atoms with Crippen molar-refractivity contribution in [3.8, 4) is 0 Å². The quantitative estimate of drug-likeness (QED) is 0.596. The summed E-state index contributed by atoms with van der Waals surface area (Å²) in [7, 11) is 1.90. The largest absolute Gasteiger partial charge is 0.344 e. The van der Waals surface area contributed by atoms with Crippen molar-refractivity contribution >= 4 is 5.91 Å². The van der Waals surface area contributed by atoms with Crippen LogP contribution in [0.3, 0.4) is 0 Å². The predicted octanol–water partition coefficient (Wildman–Crippen LogP) is 0.700. The molecule has 2 rings (SSSR count). The molecule has 3 nitrogen and oxygen atoms in total. The molecule has 2 saturated heterocycles. The van der Waals surface area contributed by atoms with Gasteiger partial charge in [-0.15, -0.1) is 0 Å². The van der Waals surface area contributed by atoms with E-state index in [1.807, 2.05) is 11.9 Å². The van der Waals surface area contributed by atoms with Gasteiger partial charge in [0, 0.05) is 25.7 Å². The minimum atomic E-state index is 0.184. The van der Waals surface area contributed by atoms with E-state index < -0.39 is 0 Å². The molecule has 2 aliphatic heterocycles. The minimum Gasteiger partial charge on any atom is -0.344 e. The minimum absolute atomic E-state index is 0.184. The first-order valence-electron chi connectivity index (χ1n) is 5.13. The van der Waals surface area contributed by atoms with E-state index >= 15 is 0 Å². The zero-order chi connectivity index (χ0) is 9.59. The van der Waals surface area contributed by atoms with Gasteiger partial charge < -0.3 is 4.90 Å². The second kappa shape index (κ2) is 2.98. The van der Waals surface area contributed by atoms with E-state index in [4.69, 9.17) is 0 Å². The van der Waals surface area contributed by atoms with Gasteiger partial charge in [0.15, 0.2) is 0 Å². The number of likely N-dealkylation sites (tertiary alicyclic amines) is 2. The standard InChI is InChI=1S/C10H18N2O/c1-7-6-8(2)12(7)9-4-5-11(3)10(9)13/h7-9H,4-6H2,1-3H3. The molecular formula is C10H18N2O. The number of hydrogen-bond donors (Lipinski definition) is 0. The molecule has 0 spiro atoms. The van der Waals surface area contributed by atoms with Crippen LogP contribution < -0.4 is 0 Å². The Morgan fingerprint density at radius 3 is 2.31 bits per heavy atom. The van der Waals surface area contributed by atoms with Crippen molar-refractivity contribution in [2.75, 3.05) is 13.6 Å². The van der Waals surface area contributed by atoms with E-state index in [1.54, 1.807) is 0 Å². The molecule has 2 fully saturated rings. The Labute approximate surface area is 79.7 Å². The number of rotatable bonds is 1. The molecule has 0 aromatic rings. The SMILES string of the molecule is CC1CC(C)N1C1CCN(C)C1=O. The first-order valence-corrected chi connectivity index (χ1v) is 5.13. The molecule has 3 heteroatoms. The second-order valence-corrected chi connectivity index (χ2v) is 4.45. The highest BCUT2D eigenvalue weighted by atomic mass is 16.2. The summed E-state index contributed by atoms with van der Waals surface area (Å²) in [5, 5.41) is 0. The van der Waals surface area contributed by atoms with Gasteiger partial charge in [0.05, 0.1) is 6.04 Å². The van der Waals surface area contributed by atoms with E-state index in [2.05, 4.69) is 18.7 Å². The number of nitrogens with zero attached hydrogens (tertiary/aromatic N) is 2. The summed E-state index contributed by atoms with van der Waals surface area (Å²) in [5.41, 5.74) is 0. The molecule has 13 heavy (non-hydrogen) atoms. The van der Waals surface area contributed by atoms with Crippen molar-refractivity contribution in [2.45, 2.75) is 44.8 Å². The van der Waals surface area contributed by atoms with Crippen molar-refractivity contribution in [1.29, 1.82) is 0 Å². The van der Waals surface area contributed by atoms with Gasteiger partial charge in [-0.3, -0.25) is 9.69 Å². The molecule has 74 valence electrons. The molecular weight excluding hydrogens is 164 g/mol. The zero-order valence-electron chi connectivity index (χ0n) is 8.66. The first-order chi connectivity index (χ1) is 6.11. The lowest BCUT2D eigenvalue weighted by Gasteiger charge is -2.48. The molecule has 1 amide bonds. The fourth-order valence-electron chi connectivity index (χ4n) is 2.73. The van der Waals surface area contributed by atoms with E-state index in [9.17, 15) is 4.79 Å². The first kappa shape index (κ1) is 9.00. The molecule has 0 aliphatic carbocycles. The average Bonchev–Trinajstić information content (AvgIpc) is 2.36. The summed E-state index contributed by atoms with van der Waals surface area (Å²) in [6, 6.07) is 1.40. The Bertz CT molecular complexity index is 221. The number of carbonyl (C=O) groups excluding carboxylic acids is 1. The highest BCUT2D eigenvalue weighted by Gasteiger charge is 2.43. The van der Waals surface area contributed by atoms with Gasteiger partial charge >= 0.3 is 0 Å². The molecule has 3 unspecified atom stereocenters. The van der Waals surface area contributed by atoms with Crippen LogP contribution in [0.1, 0.15) is 26.7 Å². The molecule has 0 aromatic carbocycles. The van der Waals surface area contributed by atoms with Crippen molar-refractivity contribution in [1.82, 2.24) is 9.80 Å². The van der Waals surface area contributed by atoms with Crippen LogP contribution in [0.5, 0.6) is 0 Å². The van der Waals surface area contributed by atoms with Crippen molar-refractivity contribution in [3.63, 3.8) is 0 Å². The molecule has 0 aromatic heterocycles. The topological polar surface area (TPSA) is 23.6 Å². The highest BCUT2D eigenvalue weighted by Crippen LogP contribution is 2.31. The number of amides is 1. The van der Waals surface area contributed by atoms with Crippen LogP contribution >= 0.6 is 0 Å². The maximum absolute atomic E-state index is 11.7. The summed E-state index contributed by atoms with van der Waals surface area (Å²) in [6.45, 7) is 5.36. The third-order valence-electron chi connectivity index (χ3n) is 3.46. The van der Waals surface area contributed by atoms with Crippen molar-refractivity contribution in [2.24, 2.45) is 0 Å². The Kier molecular flexibility index (Phi) is 2.06.